The molecule has 6 nitrogen and oxygen atoms in total. The zero-order chi connectivity index (χ0) is 17.1. The Morgan fingerprint density at radius 3 is 2.54 bits per heavy atom. The zero-order valence-electron chi connectivity index (χ0n) is 12.2. The van der Waals surface area contributed by atoms with Crippen molar-refractivity contribution in [2.75, 3.05) is 18.7 Å². The lowest BCUT2D eigenvalue weighted by atomic mass is 10.2. The summed E-state index contributed by atoms with van der Waals surface area (Å²) in [5.41, 5.74) is -0.439. The van der Waals surface area contributed by atoms with E-state index in [1.54, 1.807) is 0 Å². The molecule has 1 aliphatic heterocycles. The molecule has 0 saturated heterocycles. The number of fused-ring (bicyclic) bond motifs is 1. The molecule has 8 heteroatoms. The standard InChI is InChI=1S/C16H11F2NO5/c17-10-2-1-3-11(18)15(10)19-14(20)7-22-16(21)9-4-5-12-13(6-9)24-8-23-12/h1-6H,7-8H2,(H,19,20). The van der Waals surface area contributed by atoms with Crippen LogP contribution < -0.4 is 14.8 Å². The maximum Gasteiger partial charge on any atom is 0.338 e. The van der Waals surface area contributed by atoms with Crippen molar-refractivity contribution < 1.29 is 32.6 Å². The quantitative estimate of drug-likeness (QED) is 0.869. The minimum atomic E-state index is -0.926. The Hall–Kier alpha value is -3.16. The van der Waals surface area contributed by atoms with Crippen LogP contribution in [0.25, 0.3) is 0 Å². The number of benzene rings is 2. The van der Waals surface area contributed by atoms with Gasteiger partial charge >= 0.3 is 5.97 Å². The van der Waals surface area contributed by atoms with Gasteiger partial charge in [0.2, 0.25) is 6.79 Å². The third kappa shape index (κ3) is 3.27. The predicted molar refractivity (Wildman–Crippen MR) is 77.8 cm³/mol. The first-order chi connectivity index (χ1) is 11.5. The summed E-state index contributed by atoms with van der Waals surface area (Å²) in [4.78, 5) is 23.6. The maximum atomic E-state index is 13.4. The Kier molecular flexibility index (Phi) is 4.28. The van der Waals surface area contributed by atoms with E-state index in [0.29, 0.717) is 11.5 Å². The number of nitrogens with one attached hydrogen (secondary N) is 1. The first kappa shape index (κ1) is 15.7. The molecule has 0 atom stereocenters. The molecule has 0 bridgehead atoms. The summed E-state index contributed by atoms with van der Waals surface area (Å²) >= 11 is 0. The van der Waals surface area contributed by atoms with Crippen molar-refractivity contribution >= 4 is 17.6 Å². The number of hydrogen-bond acceptors (Lipinski definition) is 5. The van der Waals surface area contributed by atoms with E-state index in [2.05, 4.69) is 0 Å². The average Bonchev–Trinajstić information content (AvgIpc) is 3.03. The van der Waals surface area contributed by atoms with Crippen LogP contribution in [0.3, 0.4) is 0 Å². The number of halogens is 2. The second-order valence-electron chi connectivity index (χ2n) is 4.79. The molecule has 1 aliphatic rings. The van der Waals surface area contributed by atoms with Crippen molar-refractivity contribution in [3.05, 3.63) is 53.6 Å². The van der Waals surface area contributed by atoms with E-state index >= 15 is 0 Å². The molecular weight excluding hydrogens is 324 g/mol. The number of carbonyl (C=O) groups excluding carboxylic acids is 2. The largest absolute Gasteiger partial charge is 0.454 e. The van der Waals surface area contributed by atoms with Crippen LogP contribution >= 0.6 is 0 Å². The molecule has 0 radical (unpaired) electrons. The summed E-state index contributed by atoms with van der Waals surface area (Å²) in [6, 6.07) is 7.56. The van der Waals surface area contributed by atoms with E-state index in [0.717, 1.165) is 12.1 Å². The summed E-state index contributed by atoms with van der Waals surface area (Å²) in [6.45, 7) is -0.633. The van der Waals surface area contributed by atoms with Crippen LogP contribution in [0, 0.1) is 11.6 Å². The Morgan fingerprint density at radius 1 is 1.08 bits per heavy atom. The Labute approximate surface area is 134 Å². The third-order valence-corrected chi connectivity index (χ3v) is 3.17. The molecule has 1 N–H and O–H groups in total. The average molecular weight is 335 g/mol. The van der Waals surface area contributed by atoms with E-state index in [4.69, 9.17) is 14.2 Å². The fourth-order valence-electron chi connectivity index (χ4n) is 2.03. The van der Waals surface area contributed by atoms with Gasteiger partial charge in [0.05, 0.1) is 5.56 Å². The minimum Gasteiger partial charge on any atom is -0.454 e. The zero-order valence-corrected chi connectivity index (χ0v) is 12.2. The minimum absolute atomic E-state index is 0.0600. The number of carbonyl (C=O) groups is 2. The van der Waals surface area contributed by atoms with E-state index in [-0.39, 0.29) is 12.4 Å². The second-order valence-corrected chi connectivity index (χ2v) is 4.79. The van der Waals surface area contributed by atoms with Crippen LogP contribution in [0.2, 0.25) is 0 Å². The topological polar surface area (TPSA) is 73.9 Å². The summed E-state index contributed by atoms with van der Waals surface area (Å²) in [7, 11) is 0. The lowest BCUT2D eigenvalue weighted by molar-refractivity contribution is -0.119. The van der Waals surface area contributed by atoms with Crippen molar-refractivity contribution in [2.24, 2.45) is 0 Å². The maximum absolute atomic E-state index is 13.4. The summed E-state index contributed by atoms with van der Waals surface area (Å²) in [5, 5.41) is 2.02. The van der Waals surface area contributed by atoms with Gasteiger partial charge in [0, 0.05) is 0 Å². The molecule has 0 spiro atoms. The highest BCUT2D eigenvalue weighted by atomic mass is 19.1. The second kappa shape index (κ2) is 6.53. The van der Waals surface area contributed by atoms with Gasteiger partial charge in [-0.25, -0.2) is 13.6 Å². The van der Waals surface area contributed by atoms with Gasteiger partial charge in [0.25, 0.3) is 5.91 Å². The summed E-state index contributed by atoms with van der Waals surface area (Å²) in [6.07, 6.45) is 0. The van der Waals surface area contributed by atoms with Crippen LogP contribution in [0.5, 0.6) is 11.5 Å². The molecular formula is C16H11F2NO5. The fraction of sp³-hybridized carbons (Fsp3) is 0.125. The van der Waals surface area contributed by atoms with Gasteiger partial charge in [-0.15, -0.1) is 0 Å². The van der Waals surface area contributed by atoms with Gasteiger partial charge in [-0.1, -0.05) is 6.07 Å². The SMILES string of the molecule is O=C(COC(=O)c1ccc2c(c1)OCO2)Nc1c(F)cccc1F. The highest BCUT2D eigenvalue weighted by Gasteiger charge is 2.18. The van der Waals surface area contributed by atoms with Gasteiger partial charge in [0.1, 0.15) is 17.3 Å². The molecule has 0 unspecified atom stereocenters. The molecule has 24 heavy (non-hydrogen) atoms. The van der Waals surface area contributed by atoms with Crippen LogP contribution in [0.15, 0.2) is 36.4 Å². The molecule has 0 aromatic heterocycles. The molecule has 0 aliphatic carbocycles. The molecule has 0 saturated carbocycles. The molecule has 2 aromatic carbocycles. The van der Waals surface area contributed by atoms with Gasteiger partial charge in [-0.05, 0) is 30.3 Å². The number of hydrogen-bond donors (Lipinski definition) is 1. The van der Waals surface area contributed by atoms with Crippen molar-refractivity contribution in [1.29, 1.82) is 0 Å². The highest BCUT2D eigenvalue weighted by molar-refractivity contribution is 5.95. The van der Waals surface area contributed by atoms with Crippen molar-refractivity contribution in [1.82, 2.24) is 0 Å². The number of esters is 1. The Morgan fingerprint density at radius 2 is 1.79 bits per heavy atom. The van der Waals surface area contributed by atoms with Crippen molar-refractivity contribution in [2.45, 2.75) is 0 Å². The molecule has 1 heterocycles. The van der Waals surface area contributed by atoms with E-state index in [1.165, 1.54) is 24.3 Å². The lowest BCUT2D eigenvalue weighted by Crippen LogP contribution is -2.22. The lowest BCUT2D eigenvalue weighted by Gasteiger charge is -2.08. The number of anilines is 1. The molecule has 2 aromatic rings. The normalized spacial score (nSPS) is 11.9. The van der Waals surface area contributed by atoms with Crippen LogP contribution in [0.1, 0.15) is 10.4 Å². The van der Waals surface area contributed by atoms with Gasteiger partial charge < -0.3 is 19.5 Å². The van der Waals surface area contributed by atoms with E-state index in [1.807, 2.05) is 5.32 Å². The van der Waals surface area contributed by atoms with Gasteiger partial charge in [-0.2, -0.15) is 0 Å². The molecule has 0 fully saturated rings. The van der Waals surface area contributed by atoms with Crippen LogP contribution in [0.4, 0.5) is 14.5 Å². The molecule has 124 valence electrons. The molecule has 3 rings (SSSR count). The number of para-hydroxylation sites is 1. The highest BCUT2D eigenvalue weighted by Crippen LogP contribution is 2.32. The predicted octanol–water partition coefficient (Wildman–Crippen LogP) is 2.49. The van der Waals surface area contributed by atoms with Crippen LogP contribution in [-0.4, -0.2) is 25.3 Å². The van der Waals surface area contributed by atoms with E-state index in [9.17, 15) is 18.4 Å². The monoisotopic (exact) mass is 335 g/mol. The summed E-state index contributed by atoms with van der Waals surface area (Å²) < 4.78 is 41.9. The van der Waals surface area contributed by atoms with Crippen molar-refractivity contribution in [3.8, 4) is 11.5 Å². The van der Waals surface area contributed by atoms with Crippen molar-refractivity contribution in [3.63, 3.8) is 0 Å². The first-order valence-corrected chi connectivity index (χ1v) is 6.85. The Balaban J connectivity index is 1.59. The smallest absolute Gasteiger partial charge is 0.338 e. The summed E-state index contributed by atoms with van der Waals surface area (Å²) in [5.74, 6) is -2.61. The van der Waals surface area contributed by atoms with Gasteiger partial charge in [0.15, 0.2) is 18.1 Å². The fourth-order valence-corrected chi connectivity index (χ4v) is 2.03. The number of ether oxygens (including phenoxy) is 3. The Bertz CT molecular complexity index is 789. The third-order valence-electron chi connectivity index (χ3n) is 3.17. The van der Waals surface area contributed by atoms with E-state index < -0.39 is 35.8 Å². The molecule has 1 amide bonds. The van der Waals surface area contributed by atoms with Crippen LogP contribution in [-0.2, 0) is 9.53 Å². The number of amides is 1. The van der Waals surface area contributed by atoms with Gasteiger partial charge in [-0.3, -0.25) is 4.79 Å². The number of rotatable bonds is 4. The first-order valence-electron chi connectivity index (χ1n) is 6.85.